The maximum atomic E-state index is 8.52. The molecule has 0 radical (unpaired) electrons. The third kappa shape index (κ3) is 801. The summed E-state index contributed by atoms with van der Waals surface area (Å²) in [7, 11) is -10.9. The maximum Gasteiger partial charge on any atom is 3.00 e. The molecule has 0 amide bonds. The van der Waals surface area contributed by atoms with Crippen molar-refractivity contribution < 1.29 is 164 Å². The normalized spacial score (nSPS) is 3.43. The number of rotatable bonds is 0. The van der Waals surface area contributed by atoms with Crippen LogP contribution in [0.25, 0.3) is 0 Å². The molecule has 0 bridgehead atoms. The van der Waals surface area contributed by atoms with E-state index in [1.807, 2.05) is 0 Å². The monoisotopic (exact) mass is 490 g/mol. The topological polar surface area (TPSA) is 311 Å². The van der Waals surface area contributed by atoms with Gasteiger partial charge in [0.05, 0.1) is 0 Å². The average molecular weight is 492 g/mol. The molecule has 0 aliphatic rings. The molecule has 0 aliphatic carbocycles. The first-order chi connectivity index (χ1) is 5.20. The molecule has 0 atom stereocenters. The van der Waals surface area contributed by atoms with Crippen molar-refractivity contribution in [3.05, 3.63) is 0 Å². The summed E-state index contributed by atoms with van der Waals surface area (Å²) < 4.78 is 25.6. The van der Waals surface area contributed by atoms with E-state index < -0.39 is 27.5 Å². The predicted molar refractivity (Wildman–Crippen MR) is 40.3 cm³/mol. The molecule has 0 spiro atoms. The molecule has 0 saturated heterocycles. The standard InChI is InChI=1S/Al.Ca.K.Na.3O3Si.4H2O.Zn/c;;;;3*1-4(2)3;;;;;/h;;;;;;;4*1H2;/q+3;+2;2*+1;3*-2;;;;;+2/p-3. The first-order valence-corrected chi connectivity index (χ1v) is 5.51. The minimum Gasteiger partial charge on any atom is -0.870 e. The summed E-state index contributed by atoms with van der Waals surface area (Å²) in [6, 6.07) is 0. The zero-order chi connectivity index (χ0) is 10.7. The Kier molecular flexibility index (Phi) is 309. The van der Waals surface area contributed by atoms with E-state index in [0.29, 0.717) is 0 Å². The van der Waals surface area contributed by atoms with E-state index in [-0.39, 0.29) is 177 Å². The van der Waals surface area contributed by atoms with Crippen LogP contribution in [0.15, 0.2) is 0 Å². The molecule has 21 heavy (non-hydrogen) atoms. The van der Waals surface area contributed by atoms with Crippen LogP contribution in [-0.4, -0.2) is 105 Å². The Bertz CT molecular complexity index is 137. The van der Waals surface area contributed by atoms with Crippen LogP contribution in [0, 0.1) is 0 Å². The molecule has 0 aromatic heterocycles. The van der Waals surface area contributed by atoms with E-state index in [2.05, 4.69) is 0 Å². The van der Waals surface area contributed by atoms with Crippen LogP contribution in [0.1, 0.15) is 0 Å². The summed E-state index contributed by atoms with van der Waals surface area (Å²) in [5.41, 5.74) is 0. The Morgan fingerprint density at radius 2 is 0.619 bits per heavy atom. The Balaban J connectivity index is -0.00000000476. The van der Waals surface area contributed by atoms with Gasteiger partial charge >= 0.3 is 156 Å². The fraction of sp³-hybridized carbons (Fsp3) is 0. The summed E-state index contributed by atoms with van der Waals surface area (Å²) in [5, 5.41) is 0. The molecular weight excluding hydrogens is 487 g/mol. The van der Waals surface area contributed by atoms with Gasteiger partial charge in [0, 0.05) is 27.5 Å². The van der Waals surface area contributed by atoms with Gasteiger partial charge < -0.3 is 64.1 Å². The number of hydrogen-bond acceptors (Lipinski definition) is 12. The second-order valence-corrected chi connectivity index (χ2v) is 2.25. The zero-order valence-electron chi connectivity index (χ0n) is 11.0. The van der Waals surface area contributed by atoms with Crippen molar-refractivity contribution in [2.24, 2.45) is 0 Å². The molecule has 13 nitrogen and oxygen atoms in total. The van der Waals surface area contributed by atoms with Crippen molar-refractivity contribution in [2.45, 2.75) is 0 Å². The quantitative estimate of drug-likeness (QED) is 0.285. The van der Waals surface area contributed by atoms with Crippen LogP contribution in [0.3, 0.4) is 0 Å². The first-order valence-electron chi connectivity index (χ1n) is 1.84. The smallest absolute Gasteiger partial charge is 0.870 e. The van der Waals surface area contributed by atoms with Gasteiger partial charge in [-0.3, -0.25) is 0 Å². The van der Waals surface area contributed by atoms with Crippen molar-refractivity contribution in [2.75, 3.05) is 0 Å². The molecule has 0 fully saturated rings. The van der Waals surface area contributed by atoms with Gasteiger partial charge in [0.25, 0.3) is 0 Å². The van der Waals surface area contributed by atoms with Crippen LogP contribution in [0.2, 0.25) is 0 Å². The van der Waals surface area contributed by atoms with Gasteiger partial charge in [0.2, 0.25) is 0 Å². The van der Waals surface area contributed by atoms with Crippen LogP contribution >= 0.6 is 0 Å². The minimum absolute atomic E-state index is 0. The van der Waals surface area contributed by atoms with Crippen molar-refractivity contribution in [1.82, 2.24) is 0 Å². The van der Waals surface area contributed by atoms with Gasteiger partial charge in [-0.15, -0.1) is 0 Å². The van der Waals surface area contributed by atoms with Gasteiger partial charge in [-0.1, -0.05) is 0 Å². The molecule has 104 valence electrons. The third-order valence-corrected chi connectivity index (χ3v) is 0. The second-order valence-electron chi connectivity index (χ2n) is 0.750. The molecule has 0 saturated carbocycles. The van der Waals surface area contributed by atoms with Crippen LogP contribution in [0.4, 0.5) is 0 Å². The molecular formula is H5AlCaKNaO13Si3Zn. The molecule has 0 aromatic carbocycles. The van der Waals surface area contributed by atoms with Crippen molar-refractivity contribution >= 4 is 82.6 Å². The van der Waals surface area contributed by atoms with Crippen LogP contribution < -0.4 is 110 Å². The third-order valence-electron chi connectivity index (χ3n) is 0. The minimum atomic E-state index is -3.63. The Hall–Kier alpha value is 3.74. The largest absolute Gasteiger partial charge is 3.00 e. The van der Waals surface area contributed by atoms with Gasteiger partial charge in [-0.05, 0) is 0 Å². The molecule has 0 heterocycles. The first kappa shape index (κ1) is 85.9. The summed E-state index contributed by atoms with van der Waals surface area (Å²) in [4.78, 5) is 51.1. The molecule has 0 aliphatic heterocycles. The Labute approximate surface area is 242 Å². The zero-order valence-corrected chi connectivity index (χ0v) is 25.5. The van der Waals surface area contributed by atoms with E-state index in [4.69, 9.17) is 42.2 Å². The Morgan fingerprint density at radius 1 is 0.619 bits per heavy atom. The van der Waals surface area contributed by atoms with Gasteiger partial charge in [0.15, 0.2) is 0 Å². The SMILES string of the molecule is O.O=[Si]([O-])[O-].O=[Si]([O-])[O-].O=[Si]([O-])[O-].[Al+3].[Ca+2].[K+].[Na+].[OH-].[OH-].[OH-].[Zn+2]. The van der Waals surface area contributed by atoms with E-state index in [1.54, 1.807) is 0 Å². The average Bonchev–Trinajstić information content (AvgIpc) is 1.54. The fourth-order valence-electron chi connectivity index (χ4n) is 0. The molecule has 0 rings (SSSR count). The number of hydrogen-bond donors (Lipinski definition) is 0. The van der Waals surface area contributed by atoms with Crippen LogP contribution in [0.5, 0.6) is 0 Å². The summed E-state index contributed by atoms with van der Waals surface area (Å²) >= 11 is 0. The van der Waals surface area contributed by atoms with Crippen molar-refractivity contribution in [3.63, 3.8) is 0 Å². The summed E-state index contributed by atoms with van der Waals surface area (Å²) in [6.07, 6.45) is 0. The van der Waals surface area contributed by atoms with E-state index >= 15 is 0 Å². The van der Waals surface area contributed by atoms with Gasteiger partial charge in [0.1, 0.15) is 0 Å². The van der Waals surface area contributed by atoms with Gasteiger partial charge in [-0.25, -0.2) is 0 Å². The van der Waals surface area contributed by atoms with E-state index in [0.717, 1.165) is 0 Å². The molecule has 0 unspecified atom stereocenters. The predicted octanol–water partition coefficient (Wildman–Crippen LogP) is -16.7. The molecule has 0 aromatic rings. The van der Waals surface area contributed by atoms with Crippen molar-refractivity contribution in [1.29, 1.82) is 0 Å². The van der Waals surface area contributed by atoms with Crippen molar-refractivity contribution in [3.8, 4) is 0 Å². The van der Waals surface area contributed by atoms with E-state index in [9.17, 15) is 0 Å². The maximum absolute atomic E-state index is 8.52. The second kappa shape index (κ2) is 75.6. The van der Waals surface area contributed by atoms with Gasteiger partial charge in [-0.2, -0.15) is 0 Å². The molecule has 21 heteroatoms. The fourth-order valence-corrected chi connectivity index (χ4v) is 0. The van der Waals surface area contributed by atoms with Crippen LogP contribution in [-0.2, 0) is 32.9 Å². The van der Waals surface area contributed by atoms with E-state index in [1.165, 1.54) is 0 Å². The summed E-state index contributed by atoms with van der Waals surface area (Å²) in [6.45, 7) is 0. The Morgan fingerprint density at radius 3 is 0.619 bits per heavy atom. The summed E-state index contributed by atoms with van der Waals surface area (Å²) in [5.74, 6) is 0. The molecule has 5 N–H and O–H groups in total.